The summed E-state index contributed by atoms with van der Waals surface area (Å²) in [4.78, 5) is 0. The van der Waals surface area contributed by atoms with Gasteiger partial charge in [0.15, 0.2) is 0 Å². The minimum Gasteiger partial charge on any atom is -0.497 e. The van der Waals surface area contributed by atoms with Gasteiger partial charge in [0.1, 0.15) is 5.75 Å². The number of methoxy groups -OCH3 is 1. The van der Waals surface area contributed by atoms with Gasteiger partial charge in [-0.2, -0.15) is 5.21 Å². The van der Waals surface area contributed by atoms with Crippen LogP contribution < -0.4 is 61.2 Å². The number of aromatic nitrogens is 5. The molecule has 0 fully saturated rings. The van der Waals surface area contributed by atoms with Gasteiger partial charge in [-0.05, 0) is 31.2 Å². The van der Waals surface area contributed by atoms with Crippen molar-refractivity contribution >= 4 is 10.9 Å². The van der Waals surface area contributed by atoms with Gasteiger partial charge >= 0.3 is 51.4 Å². The Morgan fingerprint density at radius 3 is 2.84 bits per heavy atom. The fourth-order valence-corrected chi connectivity index (χ4v) is 2.09. The quantitative estimate of drug-likeness (QED) is 0.527. The van der Waals surface area contributed by atoms with Gasteiger partial charge in [-0.25, -0.2) is 0 Å². The normalized spacial score (nSPS) is 10.4. The molecule has 1 aromatic carbocycles. The van der Waals surface area contributed by atoms with Crippen molar-refractivity contribution in [3.8, 4) is 5.75 Å². The third kappa shape index (κ3) is 2.90. The van der Waals surface area contributed by atoms with Crippen molar-refractivity contribution in [2.24, 2.45) is 0 Å². The molecule has 0 saturated heterocycles. The SMILES string of the molecule is COc1ccc2c(c1)cc(C)n2Cc1nnn[n-]1.[K+]. The van der Waals surface area contributed by atoms with E-state index in [1.54, 1.807) is 7.11 Å². The summed E-state index contributed by atoms with van der Waals surface area (Å²) in [5, 5.41) is 15.8. The first kappa shape index (κ1) is 14.7. The number of benzene rings is 1. The monoisotopic (exact) mass is 281 g/mol. The summed E-state index contributed by atoms with van der Waals surface area (Å²) in [6.07, 6.45) is 0. The van der Waals surface area contributed by atoms with Gasteiger partial charge in [0.2, 0.25) is 0 Å². The fraction of sp³-hybridized carbons (Fsp3) is 0.250. The molecule has 0 atom stereocenters. The first-order valence-electron chi connectivity index (χ1n) is 5.59. The third-order valence-electron chi connectivity index (χ3n) is 2.98. The molecular formula is C12H12KN5O. The van der Waals surface area contributed by atoms with E-state index in [1.165, 1.54) is 0 Å². The third-order valence-corrected chi connectivity index (χ3v) is 2.98. The van der Waals surface area contributed by atoms with Crippen LogP contribution in [-0.4, -0.2) is 27.2 Å². The molecule has 0 aliphatic rings. The van der Waals surface area contributed by atoms with Crippen molar-refractivity contribution in [1.29, 1.82) is 0 Å². The predicted molar refractivity (Wildman–Crippen MR) is 65.5 cm³/mol. The zero-order valence-corrected chi connectivity index (χ0v) is 14.3. The van der Waals surface area contributed by atoms with Crippen molar-refractivity contribution in [2.45, 2.75) is 13.5 Å². The summed E-state index contributed by atoms with van der Waals surface area (Å²) in [5.74, 6) is 1.47. The topological polar surface area (TPSA) is 66.9 Å². The zero-order chi connectivity index (χ0) is 12.5. The molecule has 92 valence electrons. The Kier molecular flexibility index (Phi) is 4.74. The zero-order valence-electron chi connectivity index (χ0n) is 11.2. The van der Waals surface area contributed by atoms with Gasteiger partial charge < -0.3 is 14.4 Å². The summed E-state index contributed by atoms with van der Waals surface area (Å²) in [5.41, 5.74) is 2.26. The largest absolute Gasteiger partial charge is 1.00 e. The molecule has 0 N–H and O–H groups in total. The molecule has 0 radical (unpaired) electrons. The van der Waals surface area contributed by atoms with Crippen LogP contribution in [0.2, 0.25) is 0 Å². The number of hydrogen-bond acceptors (Lipinski definition) is 4. The smallest absolute Gasteiger partial charge is 0.497 e. The number of aryl methyl sites for hydroxylation is 1. The van der Waals surface area contributed by atoms with Crippen LogP contribution in [0.4, 0.5) is 0 Å². The average Bonchev–Trinajstić information content (AvgIpc) is 2.98. The first-order chi connectivity index (χ1) is 8.78. The summed E-state index contributed by atoms with van der Waals surface area (Å²) in [6, 6.07) is 8.11. The van der Waals surface area contributed by atoms with Crippen molar-refractivity contribution in [2.75, 3.05) is 7.11 Å². The number of rotatable bonds is 3. The standard InChI is InChI=1S/C12H12N5O.K/c1-8-5-9-6-10(18-2)3-4-11(9)17(8)7-12-13-15-16-14-12;/h3-6H,7H2,1-2H3;/q-1;+1. The average molecular weight is 281 g/mol. The van der Waals surface area contributed by atoms with Crippen molar-refractivity contribution < 1.29 is 56.1 Å². The molecule has 0 unspecified atom stereocenters. The van der Waals surface area contributed by atoms with E-state index in [9.17, 15) is 0 Å². The van der Waals surface area contributed by atoms with Gasteiger partial charge in [0, 0.05) is 22.4 Å². The van der Waals surface area contributed by atoms with E-state index < -0.39 is 0 Å². The number of nitrogens with zero attached hydrogens (tertiary/aromatic N) is 5. The van der Waals surface area contributed by atoms with Crippen LogP contribution in [0.25, 0.3) is 10.9 Å². The summed E-state index contributed by atoms with van der Waals surface area (Å²) in [6.45, 7) is 2.63. The van der Waals surface area contributed by atoms with Crippen LogP contribution in [0.3, 0.4) is 0 Å². The number of hydrogen-bond donors (Lipinski definition) is 0. The Hall–Kier alpha value is -0.734. The Bertz CT molecular complexity index is 677. The molecular weight excluding hydrogens is 269 g/mol. The number of ether oxygens (including phenoxy) is 1. The van der Waals surface area contributed by atoms with Gasteiger partial charge in [-0.15, -0.1) is 0 Å². The molecule has 0 saturated carbocycles. The summed E-state index contributed by atoms with van der Waals surface area (Å²) < 4.78 is 7.36. The number of fused-ring (bicyclic) bond motifs is 1. The molecule has 0 bridgehead atoms. The molecule has 0 amide bonds. The summed E-state index contributed by atoms with van der Waals surface area (Å²) >= 11 is 0. The number of tetrazole rings is 1. The van der Waals surface area contributed by atoms with Crippen LogP contribution in [0.1, 0.15) is 11.5 Å². The molecule has 2 aromatic heterocycles. The minimum atomic E-state index is 0. The molecule has 6 nitrogen and oxygen atoms in total. The molecule has 0 aliphatic carbocycles. The van der Waals surface area contributed by atoms with Crippen molar-refractivity contribution in [3.63, 3.8) is 0 Å². The minimum absolute atomic E-state index is 0. The Morgan fingerprint density at radius 1 is 1.32 bits per heavy atom. The molecule has 3 rings (SSSR count). The maximum atomic E-state index is 5.22. The molecule has 0 spiro atoms. The molecule has 2 heterocycles. The van der Waals surface area contributed by atoms with E-state index in [2.05, 4.69) is 38.2 Å². The second-order valence-corrected chi connectivity index (χ2v) is 4.09. The van der Waals surface area contributed by atoms with Gasteiger partial charge in [0.05, 0.1) is 13.7 Å². The van der Waals surface area contributed by atoms with Gasteiger partial charge in [-0.1, -0.05) is 0 Å². The maximum Gasteiger partial charge on any atom is 1.00 e. The predicted octanol–water partition coefficient (Wildman–Crippen LogP) is -1.85. The van der Waals surface area contributed by atoms with Crippen LogP contribution in [0.5, 0.6) is 5.75 Å². The Labute approximate surface area is 152 Å². The first-order valence-corrected chi connectivity index (χ1v) is 5.59. The van der Waals surface area contributed by atoms with E-state index in [4.69, 9.17) is 4.74 Å². The van der Waals surface area contributed by atoms with E-state index in [1.807, 2.05) is 18.2 Å². The maximum absolute atomic E-state index is 5.22. The van der Waals surface area contributed by atoms with E-state index >= 15 is 0 Å². The fourth-order valence-electron chi connectivity index (χ4n) is 2.09. The van der Waals surface area contributed by atoms with E-state index in [-0.39, 0.29) is 51.4 Å². The van der Waals surface area contributed by atoms with Crippen molar-refractivity contribution in [1.82, 2.24) is 25.2 Å². The molecule has 3 aromatic rings. The van der Waals surface area contributed by atoms with Crippen LogP contribution in [0, 0.1) is 6.92 Å². The van der Waals surface area contributed by atoms with E-state index in [0.29, 0.717) is 12.4 Å². The Balaban J connectivity index is 0.00000133. The van der Waals surface area contributed by atoms with Crippen LogP contribution in [-0.2, 0) is 6.54 Å². The van der Waals surface area contributed by atoms with Gasteiger partial charge in [0.25, 0.3) is 0 Å². The van der Waals surface area contributed by atoms with Gasteiger partial charge in [-0.3, -0.25) is 10.3 Å². The van der Waals surface area contributed by atoms with Crippen LogP contribution in [0.15, 0.2) is 24.3 Å². The Morgan fingerprint density at radius 2 is 2.16 bits per heavy atom. The van der Waals surface area contributed by atoms with E-state index in [0.717, 1.165) is 22.3 Å². The summed E-state index contributed by atoms with van der Waals surface area (Å²) in [7, 11) is 1.67. The second kappa shape index (κ2) is 6.15. The van der Waals surface area contributed by atoms with Crippen LogP contribution >= 0.6 is 0 Å². The second-order valence-electron chi connectivity index (χ2n) is 4.09. The molecule has 0 aliphatic heterocycles. The molecule has 19 heavy (non-hydrogen) atoms. The van der Waals surface area contributed by atoms with Crippen molar-refractivity contribution in [3.05, 3.63) is 35.8 Å². The molecule has 7 heteroatoms.